The number of carbonyl (C=O) groups excluding carboxylic acids is 1. The van der Waals surface area contributed by atoms with Gasteiger partial charge in [-0.3, -0.25) is 4.79 Å². The van der Waals surface area contributed by atoms with Crippen molar-refractivity contribution in [3.8, 4) is 0 Å². The molecule has 0 bridgehead atoms. The maximum atomic E-state index is 13.7. The fraction of sp³-hybridized carbons (Fsp3) is 0.690. The summed E-state index contributed by atoms with van der Waals surface area (Å²) in [4.78, 5) is 13.7. The summed E-state index contributed by atoms with van der Waals surface area (Å²) in [5, 5.41) is 11.8. The van der Waals surface area contributed by atoms with E-state index < -0.39 is 5.60 Å². The summed E-state index contributed by atoms with van der Waals surface area (Å²) in [7, 11) is 0. The molecule has 0 spiro atoms. The minimum Gasteiger partial charge on any atom is -0.453 e. The van der Waals surface area contributed by atoms with E-state index in [1.807, 2.05) is 37.3 Å². The molecule has 3 nitrogen and oxygen atoms in total. The molecule has 0 radical (unpaired) electrons. The quantitative estimate of drug-likeness (QED) is 0.516. The van der Waals surface area contributed by atoms with Gasteiger partial charge in [0.25, 0.3) is 0 Å². The number of para-hydroxylation sites is 1. The van der Waals surface area contributed by atoms with E-state index in [-0.39, 0.29) is 17.1 Å². The van der Waals surface area contributed by atoms with E-state index in [2.05, 4.69) is 13.8 Å². The first-order valence-corrected chi connectivity index (χ1v) is 13.0. The first kappa shape index (κ1) is 21.0. The van der Waals surface area contributed by atoms with E-state index in [0.29, 0.717) is 17.1 Å². The van der Waals surface area contributed by atoms with Gasteiger partial charge in [0, 0.05) is 11.3 Å². The molecular weight excluding hydrogens is 396 g/mol. The van der Waals surface area contributed by atoms with Crippen molar-refractivity contribution in [2.75, 3.05) is 0 Å². The van der Waals surface area contributed by atoms with Gasteiger partial charge in [-0.2, -0.15) is 0 Å². The number of hydrogen-bond acceptors (Lipinski definition) is 3. The number of hydrogen-bond donors (Lipinski definition) is 1. The van der Waals surface area contributed by atoms with Crippen LogP contribution >= 0.6 is 0 Å². The second-order valence-corrected chi connectivity index (χ2v) is 12.6. The van der Waals surface area contributed by atoms with Gasteiger partial charge in [0.1, 0.15) is 5.58 Å². The number of ketones is 1. The van der Waals surface area contributed by atoms with Crippen molar-refractivity contribution in [1.82, 2.24) is 0 Å². The van der Waals surface area contributed by atoms with Gasteiger partial charge in [-0.1, -0.05) is 32.0 Å². The molecule has 172 valence electrons. The molecule has 1 heterocycles. The van der Waals surface area contributed by atoms with Crippen LogP contribution in [0.3, 0.4) is 0 Å². The smallest absolute Gasteiger partial charge is 0.201 e. The standard InChI is InChI=1S/C29H38O3/c1-27-13-10-20-19(21(27)12-14-28(2,31)17-27)11-15-29(3)22(20)8-9-23(29)26(30)25-16-18-6-4-5-7-24(18)32-25/h4-7,16,19-23,31H,8-15,17H2,1-3H3/t19-,20+,21?,22-,23+,27?,28+,29-/m0/s1. The molecule has 1 N–H and O–H groups in total. The predicted molar refractivity (Wildman–Crippen MR) is 126 cm³/mol. The Morgan fingerprint density at radius 3 is 2.50 bits per heavy atom. The lowest BCUT2D eigenvalue weighted by Crippen LogP contribution is -2.54. The van der Waals surface area contributed by atoms with Crippen LogP contribution in [-0.4, -0.2) is 16.5 Å². The van der Waals surface area contributed by atoms with Gasteiger partial charge in [0.2, 0.25) is 5.78 Å². The van der Waals surface area contributed by atoms with Crippen LogP contribution in [0, 0.1) is 40.4 Å². The van der Waals surface area contributed by atoms with E-state index in [4.69, 9.17) is 4.42 Å². The molecule has 6 rings (SSSR count). The topological polar surface area (TPSA) is 50.4 Å². The van der Waals surface area contributed by atoms with Gasteiger partial charge >= 0.3 is 0 Å². The van der Waals surface area contributed by atoms with Crippen LogP contribution in [0.15, 0.2) is 34.7 Å². The summed E-state index contributed by atoms with van der Waals surface area (Å²) >= 11 is 0. The second kappa shape index (κ2) is 6.95. The molecule has 3 heteroatoms. The number of benzene rings is 1. The van der Waals surface area contributed by atoms with Crippen molar-refractivity contribution >= 4 is 16.8 Å². The molecule has 2 aromatic rings. The van der Waals surface area contributed by atoms with Crippen LogP contribution in [-0.2, 0) is 0 Å². The summed E-state index contributed by atoms with van der Waals surface area (Å²) < 4.78 is 6.00. The summed E-state index contributed by atoms with van der Waals surface area (Å²) in [6, 6.07) is 9.91. The molecule has 0 amide bonds. The zero-order valence-corrected chi connectivity index (χ0v) is 19.9. The number of aliphatic hydroxyl groups is 1. The van der Waals surface area contributed by atoms with E-state index >= 15 is 0 Å². The molecule has 4 fully saturated rings. The molecule has 4 aliphatic carbocycles. The average molecular weight is 435 g/mol. The van der Waals surface area contributed by atoms with Gasteiger partial charge in [0.15, 0.2) is 5.76 Å². The maximum absolute atomic E-state index is 13.7. The third-order valence-electron chi connectivity index (χ3n) is 10.7. The number of fused-ring (bicyclic) bond motifs is 6. The Kier molecular flexibility index (Phi) is 4.55. The number of rotatable bonds is 2. The van der Waals surface area contributed by atoms with Crippen LogP contribution in [0.2, 0.25) is 0 Å². The van der Waals surface area contributed by atoms with Crippen LogP contribution in [0.4, 0.5) is 0 Å². The van der Waals surface area contributed by atoms with Crippen molar-refractivity contribution < 1.29 is 14.3 Å². The van der Waals surface area contributed by atoms with Crippen LogP contribution in [0.25, 0.3) is 11.0 Å². The lowest BCUT2D eigenvalue weighted by Gasteiger charge is -2.60. The van der Waals surface area contributed by atoms with Crippen LogP contribution in [0.5, 0.6) is 0 Å². The van der Waals surface area contributed by atoms with Crippen LogP contribution < -0.4 is 0 Å². The Hall–Kier alpha value is -1.61. The molecule has 1 aromatic carbocycles. The van der Waals surface area contributed by atoms with Crippen molar-refractivity contribution in [2.24, 2.45) is 40.4 Å². The highest BCUT2D eigenvalue weighted by molar-refractivity contribution is 5.99. The maximum Gasteiger partial charge on any atom is 0.201 e. The summed E-state index contributed by atoms with van der Waals surface area (Å²) in [5.41, 5.74) is 0.724. The minimum atomic E-state index is -0.487. The largest absolute Gasteiger partial charge is 0.453 e. The van der Waals surface area contributed by atoms with Crippen molar-refractivity contribution in [3.05, 3.63) is 36.1 Å². The predicted octanol–water partition coefficient (Wildman–Crippen LogP) is 7.03. The zero-order chi connectivity index (χ0) is 22.3. The molecule has 0 saturated heterocycles. The third-order valence-corrected chi connectivity index (χ3v) is 10.7. The van der Waals surface area contributed by atoms with E-state index in [1.165, 1.54) is 38.5 Å². The zero-order valence-electron chi connectivity index (χ0n) is 19.9. The molecule has 1 aromatic heterocycles. The third kappa shape index (κ3) is 2.99. The van der Waals surface area contributed by atoms with Gasteiger partial charge in [0.05, 0.1) is 5.60 Å². The second-order valence-electron chi connectivity index (χ2n) is 12.6. The minimum absolute atomic E-state index is 0.0920. The fourth-order valence-corrected chi connectivity index (χ4v) is 9.34. The molecule has 2 unspecified atom stereocenters. The summed E-state index contributed by atoms with van der Waals surface area (Å²) in [6.45, 7) is 6.92. The Bertz CT molecular complexity index is 1020. The normalized spacial score (nSPS) is 45.8. The van der Waals surface area contributed by atoms with Gasteiger partial charge in [-0.15, -0.1) is 0 Å². The Balaban J connectivity index is 1.26. The van der Waals surface area contributed by atoms with Crippen molar-refractivity contribution in [1.29, 1.82) is 0 Å². The first-order chi connectivity index (χ1) is 15.2. The molecule has 4 saturated carbocycles. The summed E-state index contributed by atoms with van der Waals surface area (Å²) in [5.74, 6) is 3.83. The SMILES string of the molecule is CC12CC[C@@H]3[C@H](CC[C@]4(C)[C@@H](C(=O)c5cc6ccccc6o5)CC[C@@H]34)C1CC[C@@](C)(O)C2. The first-order valence-electron chi connectivity index (χ1n) is 13.0. The highest BCUT2D eigenvalue weighted by atomic mass is 16.3. The molecule has 4 aliphatic rings. The molecule has 8 atom stereocenters. The number of carbonyl (C=O) groups is 1. The highest BCUT2D eigenvalue weighted by Gasteiger charge is 2.61. The number of furan rings is 1. The van der Waals surface area contributed by atoms with Crippen molar-refractivity contribution in [2.45, 2.75) is 84.2 Å². The Labute approximate surface area is 192 Å². The molecule has 0 aliphatic heterocycles. The Morgan fingerprint density at radius 2 is 1.69 bits per heavy atom. The highest BCUT2D eigenvalue weighted by Crippen LogP contribution is 2.67. The summed E-state index contributed by atoms with van der Waals surface area (Å²) in [6.07, 6.45) is 10.2. The van der Waals surface area contributed by atoms with E-state index in [1.54, 1.807) is 0 Å². The number of Topliss-reactive ketones (excluding diaryl/α,β-unsaturated/α-hetero) is 1. The van der Waals surface area contributed by atoms with Gasteiger partial charge in [-0.05, 0) is 111 Å². The van der Waals surface area contributed by atoms with Crippen molar-refractivity contribution in [3.63, 3.8) is 0 Å². The van der Waals surface area contributed by atoms with Gasteiger partial charge < -0.3 is 9.52 Å². The van der Waals surface area contributed by atoms with Gasteiger partial charge in [-0.25, -0.2) is 0 Å². The monoisotopic (exact) mass is 434 g/mol. The molecular formula is C29H38O3. The van der Waals surface area contributed by atoms with E-state index in [9.17, 15) is 9.90 Å². The van der Waals surface area contributed by atoms with E-state index in [0.717, 1.165) is 48.0 Å². The fourth-order valence-electron chi connectivity index (χ4n) is 9.34. The van der Waals surface area contributed by atoms with Crippen LogP contribution in [0.1, 0.15) is 89.1 Å². The Morgan fingerprint density at radius 1 is 0.938 bits per heavy atom. The lowest BCUT2D eigenvalue weighted by atomic mass is 9.45. The molecule has 32 heavy (non-hydrogen) atoms. The average Bonchev–Trinajstić information content (AvgIpc) is 3.32. The lowest BCUT2D eigenvalue weighted by molar-refractivity contribution is -0.137.